The molecule has 24 heavy (non-hydrogen) atoms. The van der Waals surface area contributed by atoms with Crippen LogP contribution in [0, 0.1) is 0 Å². The van der Waals surface area contributed by atoms with E-state index in [1.165, 1.54) is 10.9 Å². The Hall–Kier alpha value is -2.30. The van der Waals surface area contributed by atoms with Crippen molar-refractivity contribution in [2.45, 2.75) is 25.4 Å². The molecule has 0 aliphatic heterocycles. The lowest BCUT2D eigenvalue weighted by molar-refractivity contribution is 0.399. The number of benzene rings is 2. The maximum atomic E-state index is 6.53. The van der Waals surface area contributed by atoms with Crippen LogP contribution in [0.15, 0.2) is 54.7 Å². The number of nitrogens with two attached hydrogens (primary N) is 1. The molecule has 0 saturated heterocycles. The minimum absolute atomic E-state index is 0.326. The Morgan fingerprint density at radius 2 is 1.83 bits per heavy atom. The second kappa shape index (κ2) is 7.07. The van der Waals surface area contributed by atoms with Crippen LogP contribution in [0.5, 0.6) is 5.75 Å². The summed E-state index contributed by atoms with van der Waals surface area (Å²) in [7, 11) is 1.70. The van der Waals surface area contributed by atoms with E-state index in [2.05, 4.69) is 47.7 Å². The molecule has 4 heteroatoms. The van der Waals surface area contributed by atoms with Gasteiger partial charge in [0, 0.05) is 41.3 Å². The summed E-state index contributed by atoms with van der Waals surface area (Å²) in [5.74, 6) is 0.903. The number of hydrogen-bond acceptors (Lipinski definition) is 3. The van der Waals surface area contributed by atoms with Crippen molar-refractivity contribution >= 4 is 10.9 Å². The first-order chi connectivity index (χ1) is 11.6. The van der Waals surface area contributed by atoms with Gasteiger partial charge in [-0.15, -0.1) is 0 Å². The second-order valence-corrected chi connectivity index (χ2v) is 6.61. The van der Waals surface area contributed by atoms with Crippen molar-refractivity contribution in [2.75, 3.05) is 13.7 Å². The Morgan fingerprint density at radius 1 is 1.08 bits per heavy atom. The van der Waals surface area contributed by atoms with Crippen molar-refractivity contribution in [3.05, 3.63) is 65.9 Å². The molecule has 126 valence electrons. The Bertz CT molecular complexity index is 807. The van der Waals surface area contributed by atoms with E-state index in [-0.39, 0.29) is 5.54 Å². The zero-order valence-electron chi connectivity index (χ0n) is 14.3. The van der Waals surface area contributed by atoms with Gasteiger partial charge in [0.25, 0.3) is 0 Å². The van der Waals surface area contributed by atoms with Gasteiger partial charge in [-0.2, -0.15) is 0 Å². The number of nitrogens with one attached hydrogen (secondary N) is 2. The zero-order chi connectivity index (χ0) is 17.0. The molecule has 4 nitrogen and oxygen atoms in total. The number of hydrogen-bond donors (Lipinski definition) is 3. The van der Waals surface area contributed by atoms with E-state index in [1.54, 1.807) is 7.11 Å². The maximum absolute atomic E-state index is 6.53. The number of aromatic amines is 1. The van der Waals surface area contributed by atoms with Gasteiger partial charge in [0.2, 0.25) is 0 Å². The highest BCUT2D eigenvalue weighted by Crippen LogP contribution is 2.22. The first-order valence-electron chi connectivity index (χ1n) is 8.25. The predicted molar refractivity (Wildman–Crippen MR) is 99.3 cm³/mol. The highest BCUT2D eigenvalue weighted by Gasteiger charge is 2.20. The first kappa shape index (κ1) is 16.6. The number of methoxy groups -OCH3 is 1. The van der Waals surface area contributed by atoms with Crippen LogP contribution in [0.4, 0.5) is 0 Å². The molecule has 0 aliphatic rings. The van der Waals surface area contributed by atoms with E-state index in [4.69, 9.17) is 10.5 Å². The fourth-order valence-corrected chi connectivity index (χ4v) is 3.11. The minimum Gasteiger partial charge on any atom is -0.496 e. The Labute approximate surface area is 143 Å². The quantitative estimate of drug-likeness (QED) is 0.625. The molecule has 4 N–H and O–H groups in total. The Balaban J connectivity index is 1.62. The summed E-state index contributed by atoms with van der Waals surface area (Å²) in [6, 6.07) is 16.4. The molecular weight excluding hydrogens is 298 g/mol. The largest absolute Gasteiger partial charge is 0.496 e. The van der Waals surface area contributed by atoms with Crippen LogP contribution in [0.3, 0.4) is 0 Å². The third kappa shape index (κ3) is 3.78. The van der Waals surface area contributed by atoms with E-state index in [9.17, 15) is 0 Å². The lowest BCUT2D eigenvalue weighted by Gasteiger charge is -2.25. The molecule has 0 aliphatic carbocycles. The van der Waals surface area contributed by atoms with Crippen molar-refractivity contribution in [3.63, 3.8) is 0 Å². The fourth-order valence-electron chi connectivity index (χ4n) is 3.11. The second-order valence-electron chi connectivity index (χ2n) is 6.61. The molecule has 1 aromatic heterocycles. The summed E-state index contributed by atoms with van der Waals surface area (Å²) in [6.07, 6.45) is 2.88. The lowest BCUT2D eigenvalue weighted by atomic mass is 9.93. The van der Waals surface area contributed by atoms with Crippen molar-refractivity contribution in [3.8, 4) is 5.75 Å². The lowest BCUT2D eigenvalue weighted by Crippen LogP contribution is -2.47. The smallest absolute Gasteiger partial charge is 0.123 e. The number of fused-ring (bicyclic) bond motifs is 1. The van der Waals surface area contributed by atoms with E-state index in [0.29, 0.717) is 0 Å². The van der Waals surface area contributed by atoms with Crippen molar-refractivity contribution in [1.29, 1.82) is 0 Å². The van der Waals surface area contributed by atoms with Crippen LogP contribution in [0.1, 0.15) is 18.1 Å². The van der Waals surface area contributed by atoms with Gasteiger partial charge in [0.15, 0.2) is 0 Å². The monoisotopic (exact) mass is 323 g/mol. The van der Waals surface area contributed by atoms with Gasteiger partial charge in [-0.3, -0.25) is 0 Å². The van der Waals surface area contributed by atoms with Gasteiger partial charge in [-0.1, -0.05) is 36.4 Å². The van der Waals surface area contributed by atoms with E-state index in [0.717, 1.165) is 36.3 Å². The molecule has 1 heterocycles. The number of ether oxygens (including phenoxy) is 1. The molecule has 3 aromatic rings. The number of rotatable bonds is 7. The number of H-pyrrole nitrogens is 1. The van der Waals surface area contributed by atoms with Crippen molar-refractivity contribution in [1.82, 2.24) is 10.3 Å². The highest BCUT2D eigenvalue weighted by atomic mass is 16.5. The first-order valence-corrected chi connectivity index (χ1v) is 8.25. The zero-order valence-corrected chi connectivity index (χ0v) is 14.3. The minimum atomic E-state index is -0.326. The van der Waals surface area contributed by atoms with Crippen LogP contribution < -0.4 is 15.8 Å². The summed E-state index contributed by atoms with van der Waals surface area (Å²) in [6.45, 7) is 3.55. The highest BCUT2D eigenvalue weighted by molar-refractivity contribution is 5.83. The standard InChI is InChI=1S/C20H25N3O/c1-20(21,11-16-13-23-18-9-5-4-8-17(16)18)14-22-12-15-7-3-6-10-19(15)24-2/h3-10,13,22-23H,11-12,14,21H2,1-2H3/t20-/m0/s1. The summed E-state index contributed by atoms with van der Waals surface area (Å²) >= 11 is 0. The summed E-state index contributed by atoms with van der Waals surface area (Å²) in [5.41, 5.74) is 9.76. The summed E-state index contributed by atoms with van der Waals surface area (Å²) in [5, 5.41) is 4.71. The van der Waals surface area contributed by atoms with Gasteiger partial charge < -0.3 is 20.8 Å². The van der Waals surface area contributed by atoms with Crippen LogP contribution >= 0.6 is 0 Å². The van der Waals surface area contributed by atoms with Gasteiger partial charge in [0.1, 0.15) is 5.75 Å². The molecule has 0 spiro atoms. The number of aromatic nitrogens is 1. The number of para-hydroxylation sites is 2. The van der Waals surface area contributed by atoms with Crippen LogP contribution in [0.25, 0.3) is 10.9 Å². The molecule has 1 atom stereocenters. The Morgan fingerprint density at radius 3 is 2.67 bits per heavy atom. The molecule has 0 unspecified atom stereocenters. The topological polar surface area (TPSA) is 63.1 Å². The fraction of sp³-hybridized carbons (Fsp3) is 0.300. The normalized spacial score (nSPS) is 13.8. The molecule has 0 amide bonds. The van der Waals surface area contributed by atoms with E-state index in [1.807, 2.05) is 24.3 Å². The van der Waals surface area contributed by atoms with Gasteiger partial charge in [-0.25, -0.2) is 0 Å². The summed E-state index contributed by atoms with van der Waals surface area (Å²) < 4.78 is 5.39. The van der Waals surface area contributed by atoms with E-state index >= 15 is 0 Å². The van der Waals surface area contributed by atoms with Gasteiger partial charge in [-0.05, 0) is 31.0 Å². The molecule has 0 bridgehead atoms. The SMILES string of the molecule is COc1ccccc1CNC[C@@](C)(N)Cc1c[nH]c2ccccc12. The van der Waals surface area contributed by atoms with Gasteiger partial charge in [0.05, 0.1) is 7.11 Å². The van der Waals surface area contributed by atoms with E-state index < -0.39 is 0 Å². The van der Waals surface area contributed by atoms with Crippen molar-refractivity contribution < 1.29 is 4.74 Å². The van der Waals surface area contributed by atoms with Gasteiger partial charge >= 0.3 is 0 Å². The predicted octanol–water partition coefficient (Wildman–Crippen LogP) is 3.23. The van der Waals surface area contributed by atoms with Crippen LogP contribution in [-0.2, 0) is 13.0 Å². The van der Waals surface area contributed by atoms with Crippen molar-refractivity contribution in [2.24, 2.45) is 5.73 Å². The molecule has 2 aromatic carbocycles. The van der Waals surface area contributed by atoms with Crippen LogP contribution in [-0.4, -0.2) is 24.2 Å². The van der Waals surface area contributed by atoms with Crippen LogP contribution in [0.2, 0.25) is 0 Å². The molecule has 0 radical (unpaired) electrons. The average molecular weight is 323 g/mol. The molecule has 3 rings (SSSR count). The third-order valence-electron chi connectivity index (χ3n) is 4.31. The summed E-state index contributed by atoms with van der Waals surface area (Å²) in [4.78, 5) is 3.32. The molecule has 0 saturated carbocycles. The molecule has 0 fully saturated rings. The maximum Gasteiger partial charge on any atom is 0.123 e. The Kier molecular flexibility index (Phi) is 4.88. The molecular formula is C20H25N3O. The average Bonchev–Trinajstić information content (AvgIpc) is 2.98. The third-order valence-corrected chi connectivity index (χ3v) is 4.31.